The highest BCUT2D eigenvalue weighted by Crippen LogP contribution is 2.41. The van der Waals surface area contributed by atoms with Crippen molar-refractivity contribution in [1.82, 2.24) is 9.97 Å². The largest absolute Gasteiger partial charge is 0.489 e. The number of anilines is 1. The van der Waals surface area contributed by atoms with E-state index in [1.54, 1.807) is 4.90 Å². The Morgan fingerprint density at radius 2 is 2.03 bits per heavy atom. The Balaban J connectivity index is 1.31. The molecular formula is C26H28F3N3O3. The summed E-state index contributed by atoms with van der Waals surface area (Å²) >= 11 is 0. The molecule has 0 spiro atoms. The summed E-state index contributed by atoms with van der Waals surface area (Å²) in [5, 5.41) is 1.06. The molecule has 1 aliphatic carbocycles. The number of ether oxygens (including phenoxy) is 2. The zero-order valence-electron chi connectivity index (χ0n) is 19.6. The average molecular weight is 488 g/mol. The summed E-state index contributed by atoms with van der Waals surface area (Å²) in [6.45, 7) is 2.99. The van der Waals surface area contributed by atoms with Crippen molar-refractivity contribution in [3.8, 4) is 5.75 Å². The highest BCUT2D eigenvalue weighted by molar-refractivity contribution is 5.87. The van der Waals surface area contributed by atoms with Crippen LogP contribution in [0.15, 0.2) is 30.5 Å². The topological polar surface area (TPSA) is 67.5 Å². The van der Waals surface area contributed by atoms with E-state index < -0.39 is 11.7 Å². The molecule has 1 aromatic carbocycles. The van der Waals surface area contributed by atoms with Gasteiger partial charge in [0.15, 0.2) is 0 Å². The van der Waals surface area contributed by atoms with E-state index in [1.165, 1.54) is 24.4 Å². The molecule has 0 amide bonds. The van der Waals surface area contributed by atoms with Crippen LogP contribution in [-0.2, 0) is 28.7 Å². The first kappa shape index (κ1) is 23.5. The number of nitrogens with zero attached hydrogens (tertiary/aromatic N) is 2. The number of esters is 1. The van der Waals surface area contributed by atoms with E-state index in [-0.39, 0.29) is 18.4 Å². The second kappa shape index (κ2) is 9.43. The molecule has 5 rings (SSSR count). The number of aromatic amines is 1. The molecular weight excluding hydrogens is 459 g/mol. The van der Waals surface area contributed by atoms with E-state index in [9.17, 15) is 18.0 Å². The lowest BCUT2D eigenvalue weighted by Crippen LogP contribution is -2.23. The molecule has 0 bridgehead atoms. The lowest BCUT2D eigenvalue weighted by molar-refractivity contribution is -0.141. The van der Waals surface area contributed by atoms with Crippen LogP contribution in [0, 0.1) is 0 Å². The van der Waals surface area contributed by atoms with E-state index in [0.29, 0.717) is 36.9 Å². The Labute approximate surface area is 201 Å². The second-order valence-corrected chi connectivity index (χ2v) is 9.28. The number of benzene rings is 1. The summed E-state index contributed by atoms with van der Waals surface area (Å²) in [5.41, 5.74) is 3.06. The van der Waals surface area contributed by atoms with Crippen molar-refractivity contribution in [2.24, 2.45) is 0 Å². The molecule has 1 saturated heterocycles. The maximum absolute atomic E-state index is 13.7. The number of halogens is 3. The Hall–Kier alpha value is -3.23. The van der Waals surface area contributed by atoms with Crippen LogP contribution >= 0.6 is 0 Å². The van der Waals surface area contributed by atoms with Gasteiger partial charge in [-0.25, -0.2) is 4.98 Å². The van der Waals surface area contributed by atoms with Gasteiger partial charge in [-0.15, -0.1) is 0 Å². The molecule has 1 fully saturated rings. The number of pyridine rings is 1. The molecule has 1 N–H and O–H groups in total. The van der Waals surface area contributed by atoms with Gasteiger partial charge in [0.2, 0.25) is 0 Å². The maximum Gasteiger partial charge on any atom is 0.419 e. The van der Waals surface area contributed by atoms with Crippen LogP contribution in [0.1, 0.15) is 60.9 Å². The number of hydrogen-bond acceptors (Lipinski definition) is 5. The van der Waals surface area contributed by atoms with E-state index >= 15 is 0 Å². The molecule has 2 aromatic heterocycles. The molecule has 1 unspecified atom stereocenters. The van der Waals surface area contributed by atoms with Gasteiger partial charge in [0.05, 0.1) is 12.2 Å². The Bertz CT molecular complexity index is 1230. The molecule has 35 heavy (non-hydrogen) atoms. The third kappa shape index (κ3) is 4.94. The number of aryl methyl sites for hydroxylation is 1. The van der Waals surface area contributed by atoms with Gasteiger partial charge in [0.1, 0.15) is 18.2 Å². The number of aromatic nitrogens is 2. The van der Waals surface area contributed by atoms with Crippen molar-refractivity contribution >= 4 is 22.7 Å². The number of rotatable bonds is 7. The average Bonchev–Trinajstić information content (AvgIpc) is 3.55. The fraction of sp³-hybridized carbons (Fsp3) is 0.462. The van der Waals surface area contributed by atoms with Crippen LogP contribution in [0.3, 0.4) is 0 Å². The first-order valence-corrected chi connectivity index (χ1v) is 12.0. The fourth-order valence-electron chi connectivity index (χ4n) is 5.19. The molecule has 9 heteroatoms. The fourth-order valence-corrected chi connectivity index (χ4v) is 5.19. The van der Waals surface area contributed by atoms with E-state index in [1.807, 2.05) is 18.2 Å². The van der Waals surface area contributed by atoms with E-state index in [4.69, 9.17) is 9.47 Å². The smallest absolute Gasteiger partial charge is 0.419 e. The summed E-state index contributed by atoms with van der Waals surface area (Å²) in [6, 6.07) is 6.84. The Kier molecular flexibility index (Phi) is 6.34. The van der Waals surface area contributed by atoms with Crippen LogP contribution in [-0.4, -0.2) is 35.6 Å². The lowest BCUT2D eigenvalue weighted by atomic mass is 10.0. The Morgan fingerprint density at radius 3 is 2.77 bits per heavy atom. The third-order valence-electron chi connectivity index (χ3n) is 6.87. The number of hydrogen-bond donors (Lipinski definition) is 1. The first-order valence-electron chi connectivity index (χ1n) is 12.0. The van der Waals surface area contributed by atoms with Gasteiger partial charge >= 0.3 is 12.1 Å². The van der Waals surface area contributed by atoms with Crippen LogP contribution in [0.2, 0.25) is 0 Å². The van der Waals surface area contributed by atoms with Crippen molar-refractivity contribution in [2.45, 2.75) is 57.7 Å². The van der Waals surface area contributed by atoms with Gasteiger partial charge in [-0.1, -0.05) is 0 Å². The quantitative estimate of drug-likeness (QED) is 0.430. The zero-order valence-corrected chi connectivity index (χ0v) is 19.6. The molecule has 1 atom stereocenters. The summed E-state index contributed by atoms with van der Waals surface area (Å²) in [4.78, 5) is 20.4. The van der Waals surface area contributed by atoms with Gasteiger partial charge in [-0.3, -0.25) is 4.79 Å². The number of alkyl halides is 3. The predicted octanol–water partition coefficient (Wildman–Crippen LogP) is 5.74. The van der Waals surface area contributed by atoms with Crippen LogP contribution < -0.4 is 9.64 Å². The van der Waals surface area contributed by atoms with E-state index in [2.05, 4.69) is 9.97 Å². The van der Waals surface area contributed by atoms with Gasteiger partial charge < -0.3 is 19.4 Å². The maximum atomic E-state index is 13.7. The second-order valence-electron chi connectivity index (χ2n) is 9.28. The van der Waals surface area contributed by atoms with Crippen LogP contribution in [0.5, 0.6) is 5.75 Å². The van der Waals surface area contributed by atoms with Gasteiger partial charge in [0, 0.05) is 54.3 Å². The minimum absolute atomic E-state index is 0.000506. The minimum Gasteiger partial charge on any atom is -0.489 e. The minimum atomic E-state index is -4.47. The highest BCUT2D eigenvalue weighted by atomic mass is 19.4. The van der Waals surface area contributed by atoms with Crippen molar-refractivity contribution < 1.29 is 27.4 Å². The van der Waals surface area contributed by atoms with Crippen molar-refractivity contribution in [3.05, 3.63) is 52.8 Å². The van der Waals surface area contributed by atoms with Crippen molar-refractivity contribution in [2.75, 3.05) is 24.6 Å². The molecule has 0 radical (unpaired) electrons. The number of nitrogens with one attached hydrogen (secondary N) is 1. The van der Waals surface area contributed by atoms with Gasteiger partial charge in [0.25, 0.3) is 0 Å². The SMILES string of the molecule is CC(=O)OCCC1CCc2c1[nH]c1ccc(OCc3cnc(N4CCCC4)c(C(F)(F)F)c3)cc21. The zero-order chi connectivity index (χ0) is 24.6. The van der Waals surface area contributed by atoms with E-state index in [0.717, 1.165) is 49.1 Å². The lowest BCUT2D eigenvalue weighted by Gasteiger charge is -2.22. The number of fused-ring (bicyclic) bond motifs is 3. The third-order valence-corrected chi connectivity index (χ3v) is 6.87. The molecule has 6 nitrogen and oxygen atoms in total. The summed E-state index contributed by atoms with van der Waals surface area (Å²) in [7, 11) is 0. The molecule has 1 aliphatic heterocycles. The van der Waals surface area contributed by atoms with Crippen molar-refractivity contribution in [3.63, 3.8) is 0 Å². The molecule has 3 aromatic rings. The van der Waals surface area contributed by atoms with Crippen LogP contribution in [0.25, 0.3) is 10.9 Å². The van der Waals surface area contributed by atoms with Crippen molar-refractivity contribution in [1.29, 1.82) is 0 Å². The Morgan fingerprint density at radius 1 is 1.23 bits per heavy atom. The summed E-state index contributed by atoms with van der Waals surface area (Å²) in [5.74, 6) is 0.637. The number of H-pyrrole nitrogens is 1. The first-order chi connectivity index (χ1) is 16.8. The molecule has 186 valence electrons. The van der Waals surface area contributed by atoms with Crippen LogP contribution in [0.4, 0.5) is 19.0 Å². The molecule has 0 saturated carbocycles. The monoisotopic (exact) mass is 487 g/mol. The number of carbonyl (C=O) groups is 1. The normalized spacial score (nSPS) is 17.7. The highest BCUT2D eigenvalue weighted by Gasteiger charge is 2.37. The summed E-state index contributed by atoms with van der Waals surface area (Å²) in [6.07, 6.45) is 1.43. The molecule has 2 aliphatic rings. The van der Waals surface area contributed by atoms with Gasteiger partial charge in [-0.2, -0.15) is 13.2 Å². The standard InChI is InChI=1S/C26H28F3N3O3/c1-16(33)34-11-8-18-4-6-20-21-13-19(5-7-23(21)31-24(18)20)35-15-17-12-22(26(27,28)29)25(30-14-17)32-9-2-3-10-32/h5,7,12-14,18,31H,2-4,6,8-11,15H2,1H3. The predicted molar refractivity (Wildman–Crippen MR) is 126 cm³/mol. The number of carbonyl (C=O) groups excluding carboxylic acids is 1. The molecule has 3 heterocycles. The summed E-state index contributed by atoms with van der Waals surface area (Å²) < 4.78 is 52.2. The van der Waals surface area contributed by atoms with Gasteiger partial charge in [-0.05, 0) is 61.9 Å².